The van der Waals surface area contributed by atoms with Gasteiger partial charge in [-0.3, -0.25) is 4.79 Å². The Morgan fingerprint density at radius 3 is 2.11 bits per heavy atom. The maximum Gasteiger partial charge on any atom is 0.407 e. The van der Waals surface area contributed by atoms with E-state index in [-0.39, 0.29) is 12.5 Å². The fourth-order valence-electron chi connectivity index (χ4n) is 4.24. The van der Waals surface area contributed by atoms with Crippen LogP contribution in [0.3, 0.4) is 0 Å². The number of halogens is 1. The van der Waals surface area contributed by atoms with Crippen molar-refractivity contribution in [1.82, 2.24) is 5.32 Å². The molecule has 182 valence electrons. The number of ether oxygens (including phenoxy) is 1. The molecule has 2 N–H and O–H groups in total. The van der Waals surface area contributed by atoms with Gasteiger partial charge in [0.25, 0.3) is 0 Å². The van der Waals surface area contributed by atoms with E-state index in [0.717, 1.165) is 21.9 Å². The molecule has 0 atom stereocenters. The molecule has 0 aromatic heterocycles. The van der Waals surface area contributed by atoms with Crippen LogP contribution in [0.15, 0.2) is 102 Å². The van der Waals surface area contributed by atoms with Crippen LogP contribution in [0, 0.1) is 0 Å². The molecule has 0 saturated carbocycles. The molecule has 1 amide bonds. The number of aldehydes is 1. The van der Waals surface area contributed by atoms with Crippen LogP contribution in [-0.4, -0.2) is 24.1 Å². The third kappa shape index (κ3) is 6.27. The van der Waals surface area contributed by atoms with Crippen LogP contribution in [-0.2, 0) is 17.9 Å². The number of aliphatic hydroxyl groups is 1. The topological polar surface area (TPSA) is 75.6 Å². The lowest BCUT2D eigenvalue weighted by atomic mass is 9.98. The van der Waals surface area contributed by atoms with E-state index in [9.17, 15) is 14.7 Å². The van der Waals surface area contributed by atoms with Gasteiger partial charge in [0.05, 0.1) is 6.61 Å². The molecule has 6 heteroatoms. The summed E-state index contributed by atoms with van der Waals surface area (Å²) in [6.07, 6.45) is 0.386. The number of fused-ring (bicyclic) bond motifs is 3. The molecule has 5 nitrogen and oxygen atoms in total. The van der Waals surface area contributed by atoms with Gasteiger partial charge in [0.15, 0.2) is 0 Å². The minimum absolute atomic E-state index is 0.0151. The number of hydrogen-bond acceptors (Lipinski definition) is 4. The zero-order chi connectivity index (χ0) is 25.3. The maximum absolute atomic E-state index is 12.2. The molecule has 36 heavy (non-hydrogen) atoms. The highest BCUT2D eigenvalue weighted by Gasteiger charge is 2.28. The zero-order valence-electron chi connectivity index (χ0n) is 19.6. The average Bonchev–Trinajstić information content (AvgIpc) is 3.25. The molecule has 5 rings (SSSR count). The summed E-state index contributed by atoms with van der Waals surface area (Å²) in [7, 11) is 0. The van der Waals surface area contributed by atoms with E-state index < -0.39 is 6.09 Å². The molecule has 0 fully saturated rings. The van der Waals surface area contributed by atoms with Crippen LogP contribution in [0.4, 0.5) is 4.79 Å². The Labute approximate surface area is 218 Å². The quantitative estimate of drug-likeness (QED) is 0.273. The summed E-state index contributed by atoms with van der Waals surface area (Å²) in [6, 6.07) is 31.2. The van der Waals surface area contributed by atoms with Crippen molar-refractivity contribution in [2.75, 3.05) is 6.61 Å². The molecule has 0 saturated heterocycles. The Bertz CT molecular complexity index is 1310. The number of carbonyl (C=O) groups excluding carboxylic acids is 2. The van der Waals surface area contributed by atoms with Crippen LogP contribution in [0.2, 0.25) is 0 Å². The Kier molecular flexibility index (Phi) is 8.66. The minimum Gasteiger partial charge on any atom is -0.449 e. The molecular formula is C30H26BrNO4. The molecule has 0 spiro atoms. The maximum atomic E-state index is 12.2. The lowest BCUT2D eigenvalue weighted by Gasteiger charge is -2.14. The van der Waals surface area contributed by atoms with Gasteiger partial charge in [-0.15, -0.1) is 0 Å². The van der Waals surface area contributed by atoms with Crippen molar-refractivity contribution in [2.24, 2.45) is 0 Å². The molecule has 1 aliphatic rings. The summed E-state index contributed by atoms with van der Waals surface area (Å²) < 4.78 is 6.46. The van der Waals surface area contributed by atoms with Crippen LogP contribution in [0.5, 0.6) is 0 Å². The molecule has 0 bridgehead atoms. The number of aliphatic hydroxyl groups excluding tert-OH is 1. The standard InChI is InChI=1S/C23H21NO3.C7H5BrO/c25-14-17-7-5-6-16(12-17)13-24-23(26)27-15-22-20-10-3-1-8-18(20)19-9-2-4-11-21(19)22;8-7-3-1-2-6(4-7)5-9/h1-12,22,25H,13-15H2,(H,24,26);1-5H. The first-order chi connectivity index (χ1) is 17.6. The van der Waals surface area contributed by atoms with Crippen LogP contribution in [0.1, 0.15) is 38.5 Å². The Balaban J connectivity index is 0.000000286. The SMILES string of the molecule is O=C(NCc1cccc(CO)c1)OCC1c2ccccc2-c2ccccc21.O=Cc1cccc(Br)c1. The molecular weight excluding hydrogens is 518 g/mol. The van der Waals surface area contributed by atoms with Gasteiger partial charge >= 0.3 is 6.09 Å². The monoisotopic (exact) mass is 543 g/mol. The van der Waals surface area contributed by atoms with Crippen molar-refractivity contribution in [3.63, 3.8) is 0 Å². The lowest BCUT2D eigenvalue weighted by Crippen LogP contribution is -2.25. The van der Waals surface area contributed by atoms with E-state index in [1.807, 2.05) is 60.7 Å². The van der Waals surface area contributed by atoms with Gasteiger partial charge in [0.1, 0.15) is 12.9 Å². The second-order valence-electron chi connectivity index (χ2n) is 8.33. The smallest absolute Gasteiger partial charge is 0.407 e. The van der Waals surface area contributed by atoms with Crippen molar-refractivity contribution in [2.45, 2.75) is 19.1 Å². The molecule has 4 aromatic rings. The lowest BCUT2D eigenvalue weighted by molar-refractivity contribution is 0.112. The number of carbonyl (C=O) groups is 2. The number of amides is 1. The highest BCUT2D eigenvalue weighted by atomic mass is 79.9. The molecule has 0 heterocycles. The number of rotatable bonds is 6. The normalized spacial score (nSPS) is 11.5. The number of benzene rings is 4. The average molecular weight is 544 g/mol. The summed E-state index contributed by atoms with van der Waals surface area (Å²) in [6.45, 7) is 0.653. The molecule has 4 aromatic carbocycles. The van der Waals surface area contributed by atoms with Crippen molar-refractivity contribution in [1.29, 1.82) is 0 Å². The summed E-state index contributed by atoms with van der Waals surface area (Å²) in [5.41, 5.74) is 7.26. The highest BCUT2D eigenvalue weighted by Crippen LogP contribution is 2.44. The van der Waals surface area contributed by atoms with Gasteiger partial charge < -0.3 is 15.2 Å². The molecule has 0 aliphatic heterocycles. The molecule has 0 radical (unpaired) electrons. The Morgan fingerprint density at radius 2 is 1.50 bits per heavy atom. The number of alkyl carbamates (subject to hydrolysis) is 1. The highest BCUT2D eigenvalue weighted by molar-refractivity contribution is 9.10. The van der Waals surface area contributed by atoms with E-state index >= 15 is 0 Å². The van der Waals surface area contributed by atoms with Crippen molar-refractivity contribution in [3.8, 4) is 11.1 Å². The van der Waals surface area contributed by atoms with Crippen molar-refractivity contribution >= 4 is 28.3 Å². The number of nitrogens with one attached hydrogen (secondary N) is 1. The Hall–Kier alpha value is -3.74. The predicted octanol–water partition coefficient (Wildman–Crippen LogP) is 6.48. The zero-order valence-corrected chi connectivity index (χ0v) is 21.1. The Morgan fingerprint density at radius 1 is 0.861 bits per heavy atom. The van der Waals surface area contributed by atoms with Gasteiger partial charge in [-0.05, 0) is 45.5 Å². The van der Waals surface area contributed by atoms with Gasteiger partial charge in [0, 0.05) is 22.5 Å². The fourth-order valence-corrected chi connectivity index (χ4v) is 4.66. The summed E-state index contributed by atoms with van der Waals surface area (Å²) in [5, 5.41) is 12.0. The third-order valence-corrected chi connectivity index (χ3v) is 6.43. The van der Waals surface area contributed by atoms with E-state index in [1.165, 1.54) is 22.3 Å². The van der Waals surface area contributed by atoms with Crippen molar-refractivity contribution < 1.29 is 19.4 Å². The van der Waals surface area contributed by atoms with Crippen LogP contribution in [0.25, 0.3) is 11.1 Å². The van der Waals surface area contributed by atoms with E-state index in [1.54, 1.807) is 12.1 Å². The van der Waals surface area contributed by atoms with Gasteiger partial charge in [-0.1, -0.05) is 101 Å². The van der Waals surface area contributed by atoms with Gasteiger partial charge in [0.2, 0.25) is 0 Å². The fraction of sp³-hybridized carbons (Fsp3) is 0.133. The second kappa shape index (κ2) is 12.3. The third-order valence-electron chi connectivity index (χ3n) is 5.94. The van der Waals surface area contributed by atoms with E-state index in [2.05, 4.69) is 45.5 Å². The molecule has 0 unspecified atom stereocenters. The number of hydrogen-bond donors (Lipinski definition) is 2. The van der Waals surface area contributed by atoms with Gasteiger partial charge in [-0.25, -0.2) is 4.79 Å². The van der Waals surface area contributed by atoms with E-state index in [0.29, 0.717) is 18.7 Å². The van der Waals surface area contributed by atoms with E-state index in [4.69, 9.17) is 4.74 Å². The summed E-state index contributed by atoms with van der Waals surface area (Å²) >= 11 is 3.24. The van der Waals surface area contributed by atoms with Crippen molar-refractivity contribution in [3.05, 3.63) is 129 Å². The second-order valence-corrected chi connectivity index (χ2v) is 9.25. The summed E-state index contributed by atoms with van der Waals surface area (Å²) in [4.78, 5) is 22.3. The molecule has 1 aliphatic carbocycles. The van der Waals surface area contributed by atoms with Crippen LogP contribution >= 0.6 is 15.9 Å². The first kappa shape index (κ1) is 25.4. The summed E-state index contributed by atoms with van der Waals surface area (Å²) in [5.74, 6) is 0.0564. The minimum atomic E-state index is -0.439. The predicted molar refractivity (Wildman–Crippen MR) is 144 cm³/mol. The van der Waals surface area contributed by atoms with Gasteiger partial charge in [-0.2, -0.15) is 0 Å². The van der Waals surface area contributed by atoms with Crippen LogP contribution < -0.4 is 5.32 Å². The first-order valence-electron chi connectivity index (χ1n) is 11.6. The largest absolute Gasteiger partial charge is 0.449 e. The first-order valence-corrected chi connectivity index (χ1v) is 12.4.